The van der Waals surface area contributed by atoms with Gasteiger partial charge in [0.1, 0.15) is 0 Å². The number of benzene rings is 2. The summed E-state index contributed by atoms with van der Waals surface area (Å²) in [5, 5.41) is 0. The highest BCUT2D eigenvalue weighted by Crippen LogP contribution is 2.30. The quantitative estimate of drug-likeness (QED) is 0.793. The Kier molecular flexibility index (Phi) is 2.75. The van der Waals surface area contributed by atoms with Gasteiger partial charge in [-0.15, -0.1) is 0 Å². The molecule has 1 aliphatic rings. The van der Waals surface area contributed by atoms with Crippen molar-refractivity contribution in [2.75, 3.05) is 17.2 Å². The number of carbonyl (C=O) groups excluding carboxylic acids is 1. The first kappa shape index (κ1) is 11.8. The second-order valence-electron chi connectivity index (χ2n) is 4.96. The lowest BCUT2D eigenvalue weighted by atomic mass is 10.1. The summed E-state index contributed by atoms with van der Waals surface area (Å²) in [4.78, 5) is 14.4. The molecule has 96 valence electrons. The maximum absolute atomic E-state index is 12.5. The SMILES string of the molecule is Cc1cccc(C(=O)N2CCc3cc(N)ccc32)c1. The van der Waals surface area contributed by atoms with Crippen LogP contribution in [0.25, 0.3) is 0 Å². The highest BCUT2D eigenvalue weighted by atomic mass is 16.2. The molecule has 1 heterocycles. The van der Waals surface area contributed by atoms with E-state index >= 15 is 0 Å². The van der Waals surface area contributed by atoms with E-state index in [0.29, 0.717) is 0 Å². The van der Waals surface area contributed by atoms with Crippen LogP contribution in [0.3, 0.4) is 0 Å². The largest absolute Gasteiger partial charge is 0.399 e. The molecule has 0 bridgehead atoms. The van der Waals surface area contributed by atoms with E-state index in [1.54, 1.807) is 0 Å². The Morgan fingerprint density at radius 1 is 1.21 bits per heavy atom. The van der Waals surface area contributed by atoms with Crippen molar-refractivity contribution in [2.45, 2.75) is 13.3 Å². The number of anilines is 2. The average Bonchev–Trinajstić information content (AvgIpc) is 2.80. The molecule has 0 saturated carbocycles. The summed E-state index contributed by atoms with van der Waals surface area (Å²) in [7, 11) is 0. The fourth-order valence-corrected chi connectivity index (χ4v) is 2.57. The van der Waals surface area contributed by atoms with E-state index in [9.17, 15) is 4.79 Å². The number of hydrogen-bond donors (Lipinski definition) is 1. The van der Waals surface area contributed by atoms with Crippen LogP contribution in [-0.4, -0.2) is 12.5 Å². The summed E-state index contributed by atoms with van der Waals surface area (Å²) in [6.07, 6.45) is 0.873. The molecule has 2 N–H and O–H groups in total. The molecule has 3 heteroatoms. The fourth-order valence-electron chi connectivity index (χ4n) is 2.57. The Morgan fingerprint density at radius 3 is 2.84 bits per heavy atom. The van der Waals surface area contributed by atoms with Crippen LogP contribution in [0.1, 0.15) is 21.5 Å². The predicted octanol–water partition coefficient (Wildman–Crippen LogP) is 2.78. The lowest BCUT2D eigenvalue weighted by molar-refractivity contribution is 0.0989. The maximum Gasteiger partial charge on any atom is 0.258 e. The number of rotatable bonds is 1. The molecule has 1 amide bonds. The van der Waals surface area contributed by atoms with Crippen LogP contribution in [0, 0.1) is 6.92 Å². The molecule has 0 saturated heterocycles. The van der Waals surface area contributed by atoms with Crippen molar-refractivity contribution in [3.05, 3.63) is 59.2 Å². The number of nitrogens with two attached hydrogens (primary N) is 1. The van der Waals surface area contributed by atoms with Gasteiger partial charge >= 0.3 is 0 Å². The third-order valence-corrected chi connectivity index (χ3v) is 3.51. The van der Waals surface area contributed by atoms with E-state index in [4.69, 9.17) is 5.73 Å². The topological polar surface area (TPSA) is 46.3 Å². The minimum absolute atomic E-state index is 0.0622. The number of carbonyl (C=O) groups is 1. The smallest absolute Gasteiger partial charge is 0.258 e. The van der Waals surface area contributed by atoms with Crippen LogP contribution in [0.2, 0.25) is 0 Å². The Bertz CT molecular complexity index is 649. The van der Waals surface area contributed by atoms with E-state index in [2.05, 4.69) is 0 Å². The van der Waals surface area contributed by atoms with Crippen LogP contribution in [0.15, 0.2) is 42.5 Å². The maximum atomic E-state index is 12.5. The molecule has 19 heavy (non-hydrogen) atoms. The van der Waals surface area contributed by atoms with Crippen molar-refractivity contribution in [3.8, 4) is 0 Å². The highest BCUT2D eigenvalue weighted by Gasteiger charge is 2.25. The summed E-state index contributed by atoms with van der Waals surface area (Å²) < 4.78 is 0. The third-order valence-electron chi connectivity index (χ3n) is 3.51. The standard InChI is InChI=1S/C16H16N2O/c1-11-3-2-4-13(9-11)16(19)18-8-7-12-10-14(17)5-6-15(12)18/h2-6,9-10H,7-8,17H2,1H3. The lowest BCUT2D eigenvalue weighted by Gasteiger charge is -2.17. The molecule has 3 nitrogen and oxygen atoms in total. The van der Waals surface area contributed by atoms with E-state index < -0.39 is 0 Å². The zero-order valence-electron chi connectivity index (χ0n) is 10.9. The fraction of sp³-hybridized carbons (Fsp3) is 0.188. The van der Waals surface area contributed by atoms with Gasteiger partial charge in [-0.3, -0.25) is 4.79 Å². The Labute approximate surface area is 112 Å². The predicted molar refractivity (Wildman–Crippen MR) is 77.4 cm³/mol. The summed E-state index contributed by atoms with van der Waals surface area (Å²) in [6.45, 7) is 2.72. The van der Waals surface area contributed by atoms with Crippen molar-refractivity contribution < 1.29 is 4.79 Å². The Morgan fingerprint density at radius 2 is 2.05 bits per heavy atom. The third kappa shape index (κ3) is 2.08. The van der Waals surface area contributed by atoms with Gasteiger partial charge in [-0.05, 0) is 49.2 Å². The first-order chi connectivity index (χ1) is 9.15. The summed E-state index contributed by atoms with van der Waals surface area (Å²) in [6, 6.07) is 13.4. The monoisotopic (exact) mass is 252 g/mol. The van der Waals surface area contributed by atoms with Crippen molar-refractivity contribution in [3.63, 3.8) is 0 Å². The van der Waals surface area contributed by atoms with Crippen molar-refractivity contribution in [2.24, 2.45) is 0 Å². The summed E-state index contributed by atoms with van der Waals surface area (Å²) in [5.41, 5.74) is 10.5. The van der Waals surface area contributed by atoms with E-state index in [-0.39, 0.29) is 5.91 Å². The van der Waals surface area contributed by atoms with Crippen LogP contribution in [0.5, 0.6) is 0 Å². The van der Waals surface area contributed by atoms with E-state index in [1.807, 2.05) is 54.3 Å². The molecule has 3 rings (SSSR count). The van der Waals surface area contributed by atoms with E-state index in [0.717, 1.165) is 41.0 Å². The molecule has 0 radical (unpaired) electrons. The van der Waals surface area contributed by atoms with Crippen molar-refractivity contribution in [1.82, 2.24) is 0 Å². The number of hydrogen-bond acceptors (Lipinski definition) is 2. The van der Waals surface area contributed by atoms with Gasteiger partial charge in [0, 0.05) is 23.5 Å². The van der Waals surface area contributed by atoms with Gasteiger partial charge < -0.3 is 10.6 Å². The number of nitrogens with zero attached hydrogens (tertiary/aromatic N) is 1. The number of aryl methyl sites for hydroxylation is 1. The molecule has 0 spiro atoms. The minimum atomic E-state index is 0.0622. The van der Waals surface area contributed by atoms with Gasteiger partial charge in [0.15, 0.2) is 0 Å². The molecule has 0 fully saturated rings. The second-order valence-corrected chi connectivity index (χ2v) is 4.96. The zero-order valence-corrected chi connectivity index (χ0v) is 10.9. The van der Waals surface area contributed by atoms with Crippen LogP contribution in [-0.2, 0) is 6.42 Å². The molecule has 1 aliphatic heterocycles. The zero-order chi connectivity index (χ0) is 13.4. The van der Waals surface area contributed by atoms with Crippen LogP contribution < -0.4 is 10.6 Å². The normalized spacial score (nSPS) is 13.4. The number of amides is 1. The molecular weight excluding hydrogens is 236 g/mol. The first-order valence-corrected chi connectivity index (χ1v) is 6.42. The average molecular weight is 252 g/mol. The van der Waals surface area contributed by atoms with E-state index in [1.165, 1.54) is 0 Å². The molecule has 2 aromatic rings. The Balaban J connectivity index is 1.95. The molecule has 0 aromatic heterocycles. The molecular formula is C16H16N2O. The summed E-state index contributed by atoms with van der Waals surface area (Å²) >= 11 is 0. The first-order valence-electron chi connectivity index (χ1n) is 6.42. The van der Waals surface area contributed by atoms with Gasteiger partial charge in [0.25, 0.3) is 5.91 Å². The van der Waals surface area contributed by atoms with Gasteiger partial charge in [0.2, 0.25) is 0 Å². The number of fused-ring (bicyclic) bond motifs is 1. The van der Waals surface area contributed by atoms with Gasteiger partial charge in [-0.25, -0.2) is 0 Å². The molecule has 2 aromatic carbocycles. The van der Waals surface area contributed by atoms with Crippen molar-refractivity contribution >= 4 is 17.3 Å². The Hall–Kier alpha value is -2.29. The molecule has 0 atom stereocenters. The lowest BCUT2D eigenvalue weighted by Crippen LogP contribution is -2.28. The number of nitrogen functional groups attached to an aromatic ring is 1. The minimum Gasteiger partial charge on any atom is -0.399 e. The van der Waals surface area contributed by atoms with Crippen molar-refractivity contribution in [1.29, 1.82) is 0 Å². The van der Waals surface area contributed by atoms with Gasteiger partial charge in [-0.1, -0.05) is 17.7 Å². The van der Waals surface area contributed by atoms with Gasteiger partial charge in [-0.2, -0.15) is 0 Å². The molecule has 0 unspecified atom stereocenters. The molecule has 0 aliphatic carbocycles. The second kappa shape index (κ2) is 4.43. The van der Waals surface area contributed by atoms with Crippen LogP contribution >= 0.6 is 0 Å². The highest BCUT2D eigenvalue weighted by molar-refractivity contribution is 6.07. The van der Waals surface area contributed by atoms with Gasteiger partial charge in [0.05, 0.1) is 0 Å². The van der Waals surface area contributed by atoms with Crippen LogP contribution in [0.4, 0.5) is 11.4 Å². The summed E-state index contributed by atoms with van der Waals surface area (Å²) in [5.74, 6) is 0.0622.